The SMILES string of the molecule is COc1cc(C(C)C)c(OC2=CN=C(N)NC2N)cc1-c1nccn1C. The van der Waals surface area contributed by atoms with Gasteiger partial charge in [-0.05, 0) is 18.1 Å². The predicted molar refractivity (Wildman–Crippen MR) is 101 cm³/mol. The molecule has 5 N–H and O–H groups in total. The number of benzene rings is 1. The van der Waals surface area contributed by atoms with Gasteiger partial charge in [0, 0.05) is 25.0 Å². The summed E-state index contributed by atoms with van der Waals surface area (Å²) in [5.41, 5.74) is 13.5. The number of imidazole rings is 1. The van der Waals surface area contributed by atoms with Crippen LogP contribution in [0.25, 0.3) is 11.4 Å². The van der Waals surface area contributed by atoms with Crippen LogP contribution < -0.4 is 26.3 Å². The Kier molecular flexibility index (Phi) is 4.85. The second-order valence-electron chi connectivity index (χ2n) is 6.38. The van der Waals surface area contributed by atoms with Crippen LogP contribution >= 0.6 is 0 Å². The summed E-state index contributed by atoms with van der Waals surface area (Å²) >= 11 is 0. The second kappa shape index (κ2) is 7.09. The van der Waals surface area contributed by atoms with Gasteiger partial charge in [0.15, 0.2) is 11.7 Å². The van der Waals surface area contributed by atoms with Gasteiger partial charge in [0.2, 0.25) is 0 Å². The number of aromatic nitrogens is 2. The van der Waals surface area contributed by atoms with Crippen molar-refractivity contribution in [1.82, 2.24) is 14.9 Å². The Bertz CT molecular complexity index is 869. The zero-order valence-electron chi connectivity index (χ0n) is 15.4. The largest absolute Gasteiger partial charge is 0.496 e. The molecule has 1 aromatic heterocycles. The van der Waals surface area contributed by atoms with Gasteiger partial charge in [0.25, 0.3) is 0 Å². The molecule has 0 aliphatic carbocycles. The molecule has 26 heavy (non-hydrogen) atoms. The smallest absolute Gasteiger partial charge is 0.194 e. The standard InChI is InChI=1S/C18H24N6O2/c1-10(2)11-7-13(25-4)12(17-21-5-6-24(17)3)8-14(11)26-15-9-22-18(20)23-16(15)19/h5-10,16H,19H2,1-4H3,(H3,20,22,23). The van der Waals surface area contributed by atoms with E-state index in [0.29, 0.717) is 11.5 Å². The molecule has 8 nitrogen and oxygen atoms in total. The van der Waals surface area contributed by atoms with Crippen LogP contribution in [-0.4, -0.2) is 28.8 Å². The summed E-state index contributed by atoms with van der Waals surface area (Å²) in [5.74, 6) is 3.16. The summed E-state index contributed by atoms with van der Waals surface area (Å²) in [6, 6.07) is 3.90. The normalized spacial score (nSPS) is 16.8. The Morgan fingerprint density at radius 1 is 1.27 bits per heavy atom. The van der Waals surface area contributed by atoms with Crippen molar-refractivity contribution >= 4 is 5.96 Å². The van der Waals surface area contributed by atoms with Crippen molar-refractivity contribution in [3.63, 3.8) is 0 Å². The maximum atomic E-state index is 6.10. The first kappa shape index (κ1) is 17.8. The highest BCUT2D eigenvalue weighted by Gasteiger charge is 2.22. The van der Waals surface area contributed by atoms with Gasteiger partial charge in [-0.1, -0.05) is 13.8 Å². The maximum Gasteiger partial charge on any atom is 0.194 e. The van der Waals surface area contributed by atoms with Crippen LogP contribution in [0, 0.1) is 0 Å². The van der Waals surface area contributed by atoms with E-state index in [0.717, 1.165) is 22.7 Å². The molecule has 0 bridgehead atoms. The molecule has 8 heteroatoms. The fraction of sp³-hybridized carbons (Fsp3) is 0.333. The number of nitrogens with one attached hydrogen (secondary N) is 1. The topological polar surface area (TPSA) is 113 Å². The van der Waals surface area contributed by atoms with Gasteiger partial charge in [0.1, 0.15) is 23.5 Å². The monoisotopic (exact) mass is 356 g/mol. The molecule has 0 spiro atoms. The minimum atomic E-state index is -0.564. The molecule has 1 atom stereocenters. The van der Waals surface area contributed by atoms with E-state index in [1.54, 1.807) is 13.3 Å². The highest BCUT2D eigenvalue weighted by atomic mass is 16.5. The molecule has 138 valence electrons. The van der Waals surface area contributed by atoms with Gasteiger partial charge in [0.05, 0.1) is 18.9 Å². The van der Waals surface area contributed by atoms with Gasteiger partial charge in [-0.3, -0.25) is 0 Å². The molecule has 0 saturated heterocycles. The number of aliphatic imine (C=N–C) groups is 1. The summed E-state index contributed by atoms with van der Waals surface area (Å²) in [6.07, 6.45) is 4.59. The van der Waals surface area contributed by atoms with E-state index in [9.17, 15) is 0 Å². The molecule has 2 heterocycles. The summed E-state index contributed by atoms with van der Waals surface area (Å²) in [5, 5.41) is 2.84. The zero-order chi connectivity index (χ0) is 18.8. The number of hydrogen-bond acceptors (Lipinski definition) is 7. The molecule has 1 unspecified atom stereocenters. The summed E-state index contributed by atoms with van der Waals surface area (Å²) in [6.45, 7) is 4.18. The van der Waals surface area contributed by atoms with E-state index >= 15 is 0 Å². The number of methoxy groups -OCH3 is 1. The Labute approximate surface area is 152 Å². The van der Waals surface area contributed by atoms with Gasteiger partial charge in [-0.25, -0.2) is 9.98 Å². The quantitative estimate of drug-likeness (QED) is 0.751. The Morgan fingerprint density at radius 3 is 2.62 bits per heavy atom. The number of guanidine groups is 1. The number of nitrogens with two attached hydrogens (primary N) is 2. The number of rotatable bonds is 5. The maximum absolute atomic E-state index is 6.10. The van der Waals surface area contributed by atoms with Crippen LogP contribution in [0.4, 0.5) is 0 Å². The predicted octanol–water partition coefficient (Wildman–Crippen LogP) is 1.64. The molecule has 0 saturated carbocycles. The number of nitrogens with zero attached hydrogens (tertiary/aromatic N) is 3. The van der Waals surface area contributed by atoms with Crippen LogP contribution in [0.3, 0.4) is 0 Å². The van der Waals surface area contributed by atoms with Gasteiger partial charge >= 0.3 is 0 Å². The van der Waals surface area contributed by atoms with Crippen LogP contribution in [-0.2, 0) is 7.05 Å². The van der Waals surface area contributed by atoms with E-state index in [-0.39, 0.29) is 11.9 Å². The van der Waals surface area contributed by atoms with Crippen LogP contribution in [0.5, 0.6) is 11.5 Å². The highest BCUT2D eigenvalue weighted by molar-refractivity contribution is 5.80. The fourth-order valence-electron chi connectivity index (χ4n) is 2.78. The molecule has 1 aromatic carbocycles. The summed E-state index contributed by atoms with van der Waals surface area (Å²) < 4.78 is 13.6. The highest BCUT2D eigenvalue weighted by Crippen LogP contribution is 2.39. The molecule has 0 amide bonds. The molecule has 3 rings (SSSR count). The van der Waals surface area contributed by atoms with Crippen molar-refractivity contribution in [2.45, 2.75) is 25.9 Å². The minimum absolute atomic E-state index is 0.219. The molecular formula is C18H24N6O2. The van der Waals surface area contributed by atoms with Crippen molar-refractivity contribution < 1.29 is 9.47 Å². The van der Waals surface area contributed by atoms with Gasteiger partial charge in [-0.15, -0.1) is 0 Å². The van der Waals surface area contributed by atoms with Crippen molar-refractivity contribution in [2.24, 2.45) is 23.5 Å². The average Bonchev–Trinajstić information content (AvgIpc) is 3.02. The van der Waals surface area contributed by atoms with Crippen LogP contribution in [0.15, 0.2) is 41.5 Å². The molecule has 0 radical (unpaired) electrons. The first-order valence-corrected chi connectivity index (χ1v) is 8.33. The van der Waals surface area contributed by atoms with Crippen molar-refractivity contribution in [3.8, 4) is 22.9 Å². The lowest BCUT2D eigenvalue weighted by molar-refractivity contribution is 0.362. The van der Waals surface area contributed by atoms with Crippen LogP contribution in [0.2, 0.25) is 0 Å². The van der Waals surface area contributed by atoms with Gasteiger partial charge < -0.3 is 30.8 Å². The third-order valence-electron chi connectivity index (χ3n) is 4.18. The third-order valence-corrected chi connectivity index (χ3v) is 4.18. The van der Waals surface area contributed by atoms with Crippen molar-refractivity contribution in [1.29, 1.82) is 0 Å². The fourth-order valence-corrected chi connectivity index (χ4v) is 2.78. The first-order valence-electron chi connectivity index (χ1n) is 8.33. The van der Waals surface area contributed by atoms with E-state index in [1.165, 1.54) is 6.20 Å². The lowest BCUT2D eigenvalue weighted by Crippen LogP contribution is -2.49. The molecule has 1 aliphatic rings. The van der Waals surface area contributed by atoms with E-state index in [1.807, 2.05) is 29.9 Å². The van der Waals surface area contributed by atoms with E-state index < -0.39 is 6.17 Å². The Hall–Kier alpha value is -3.00. The lowest BCUT2D eigenvalue weighted by Gasteiger charge is -2.24. The Balaban J connectivity index is 2.10. The van der Waals surface area contributed by atoms with E-state index in [4.69, 9.17) is 20.9 Å². The Morgan fingerprint density at radius 2 is 2.04 bits per heavy atom. The number of hydrogen-bond donors (Lipinski definition) is 3. The number of ether oxygens (including phenoxy) is 2. The zero-order valence-corrected chi connectivity index (χ0v) is 15.4. The second-order valence-corrected chi connectivity index (χ2v) is 6.38. The summed E-state index contributed by atoms with van der Waals surface area (Å²) in [7, 11) is 3.58. The van der Waals surface area contributed by atoms with Gasteiger partial charge in [-0.2, -0.15) is 0 Å². The van der Waals surface area contributed by atoms with Crippen molar-refractivity contribution in [2.75, 3.05) is 7.11 Å². The molecule has 1 aliphatic heterocycles. The molecule has 2 aromatic rings. The number of aryl methyl sites for hydroxylation is 1. The average molecular weight is 356 g/mol. The molecule has 0 fully saturated rings. The lowest BCUT2D eigenvalue weighted by atomic mass is 9.99. The van der Waals surface area contributed by atoms with Crippen LogP contribution in [0.1, 0.15) is 25.3 Å². The summed E-state index contributed by atoms with van der Waals surface area (Å²) in [4.78, 5) is 8.45. The third kappa shape index (κ3) is 3.36. The molecular weight excluding hydrogens is 332 g/mol. The van der Waals surface area contributed by atoms with Crippen molar-refractivity contribution in [3.05, 3.63) is 42.0 Å². The van der Waals surface area contributed by atoms with E-state index in [2.05, 4.69) is 29.1 Å². The minimum Gasteiger partial charge on any atom is -0.496 e. The first-order chi connectivity index (χ1) is 12.4.